The number of carbonyl (C=O) groups is 3. The molecule has 1 fully saturated rings. The van der Waals surface area contributed by atoms with Gasteiger partial charge in [-0.2, -0.15) is 0 Å². The van der Waals surface area contributed by atoms with Gasteiger partial charge in [0, 0.05) is 23.1 Å². The average molecular weight is 419 g/mol. The number of rotatable bonds is 4. The van der Waals surface area contributed by atoms with E-state index in [-0.39, 0.29) is 12.5 Å². The van der Waals surface area contributed by atoms with Gasteiger partial charge >= 0.3 is 5.97 Å². The summed E-state index contributed by atoms with van der Waals surface area (Å²) in [4.78, 5) is 43.6. The number of nitrogens with one attached hydrogen (secondary N) is 2. The van der Waals surface area contributed by atoms with Crippen LogP contribution in [0.5, 0.6) is 0 Å². The van der Waals surface area contributed by atoms with E-state index in [0.717, 1.165) is 10.9 Å². The predicted molar refractivity (Wildman–Crippen MR) is 118 cm³/mol. The van der Waals surface area contributed by atoms with Crippen LogP contribution >= 0.6 is 0 Å². The smallest absolute Gasteiger partial charge is 0.313 e. The molecule has 1 aliphatic heterocycles. The van der Waals surface area contributed by atoms with Crippen molar-refractivity contribution in [2.75, 3.05) is 11.4 Å². The first-order chi connectivity index (χ1) is 14.7. The van der Waals surface area contributed by atoms with Gasteiger partial charge in [0.1, 0.15) is 23.3 Å². The predicted octanol–water partition coefficient (Wildman–Crippen LogP) is 3.27. The maximum Gasteiger partial charge on any atom is 0.313 e. The van der Waals surface area contributed by atoms with Crippen molar-refractivity contribution in [2.45, 2.75) is 32.4 Å². The molecule has 160 valence electrons. The van der Waals surface area contributed by atoms with E-state index in [9.17, 15) is 14.4 Å². The number of amides is 2. The lowest BCUT2D eigenvalue weighted by Gasteiger charge is -2.24. The number of hydrogen-bond donors (Lipinski definition) is 2. The molecule has 0 bridgehead atoms. The van der Waals surface area contributed by atoms with Crippen molar-refractivity contribution in [3.63, 3.8) is 0 Å². The molecule has 7 heteroatoms. The number of carbonyl (C=O) groups excluding carboxylic acids is 3. The number of hydrogen-bond acceptors (Lipinski definition) is 4. The average Bonchev–Trinajstić information content (AvgIpc) is 3.29. The first-order valence-electron chi connectivity index (χ1n) is 10.2. The number of ether oxygens (including phenoxy) is 1. The molecule has 0 unspecified atom stereocenters. The van der Waals surface area contributed by atoms with E-state index in [0.29, 0.717) is 11.4 Å². The largest absolute Gasteiger partial charge is 0.460 e. The van der Waals surface area contributed by atoms with E-state index in [1.807, 2.05) is 42.5 Å². The minimum Gasteiger partial charge on any atom is -0.460 e. The van der Waals surface area contributed by atoms with Crippen molar-refractivity contribution in [1.29, 1.82) is 0 Å². The first-order valence-corrected chi connectivity index (χ1v) is 10.2. The Morgan fingerprint density at radius 1 is 1.06 bits per heavy atom. The molecule has 2 N–H and O–H groups in total. The SMILES string of the molecule is CC(C)(C)OC(=O)[C@@H]1CN(c2ccccc2)C(=O)[C@@H]1NC(=O)c1cc2ccccc2[nH]1. The Balaban J connectivity index is 1.61. The molecule has 31 heavy (non-hydrogen) atoms. The Morgan fingerprint density at radius 2 is 1.74 bits per heavy atom. The number of H-pyrrole nitrogens is 1. The quantitative estimate of drug-likeness (QED) is 0.635. The molecule has 3 aromatic rings. The molecular weight excluding hydrogens is 394 g/mol. The second kappa shape index (κ2) is 7.91. The summed E-state index contributed by atoms with van der Waals surface area (Å²) in [6.45, 7) is 5.45. The fourth-order valence-electron chi connectivity index (χ4n) is 3.74. The molecule has 1 aliphatic rings. The molecule has 0 saturated carbocycles. The molecular formula is C24H25N3O4. The number of esters is 1. The second-order valence-electron chi connectivity index (χ2n) is 8.65. The van der Waals surface area contributed by atoms with Gasteiger partial charge in [-0.15, -0.1) is 0 Å². The fourth-order valence-corrected chi connectivity index (χ4v) is 3.74. The van der Waals surface area contributed by atoms with Crippen molar-refractivity contribution in [2.24, 2.45) is 5.92 Å². The molecule has 0 spiro atoms. The summed E-state index contributed by atoms with van der Waals surface area (Å²) < 4.78 is 5.54. The fraction of sp³-hybridized carbons (Fsp3) is 0.292. The van der Waals surface area contributed by atoms with Gasteiger partial charge in [-0.05, 0) is 45.0 Å². The standard InChI is InChI=1S/C24H25N3O4/c1-24(2,3)31-23(30)17-14-27(16-10-5-4-6-11-16)22(29)20(17)26-21(28)19-13-15-9-7-8-12-18(15)25-19/h4-13,17,20,25H,14H2,1-3H3,(H,26,28)/t17-,20-/m1/s1. The van der Waals surface area contributed by atoms with Crippen molar-refractivity contribution >= 4 is 34.4 Å². The van der Waals surface area contributed by atoms with E-state index in [1.54, 1.807) is 39.0 Å². The van der Waals surface area contributed by atoms with Gasteiger partial charge in [0.05, 0.1) is 0 Å². The number of anilines is 1. The lowest BCUT2D eigenvalue weighted by Crippen LogP contribution is -2.47. The lowest BCUT2D eigenvalue weighted by atomic mass is 10.0. The molecule has 2 atom stereocenters. The van der Waals surface area contributed by atoms with Crippen molar-refractivity contribution in [3.8, 4) is 0 Å². The van der Waals surface area contributed by atoms with Gasteiger partial charge in [0.15, 0.2) is 0 Å². The highest BCUT2D eigenvalue weighted by Crippen LogP contribution is 2.28. The van der Waals surface area contributed by atoms with Gasteiger partial charge in [-0.1, -0.05) is 36.4 Å². The summed E-state index contributed by atoms with van der Waals surface area (Å²) in [5.41, 5.74) is 1.12. The molecule has 0 radical (unpaired) electrons. The van der Waals surface area contributed by atoms with Crippen molar-refractivity contribution < 1.29 is 19.1 Å². The number of fused-ring (bicyclic) bond motifs is 1. The first kappa shape index (κ1) is 20.7. The zero-order chi connectivity index (χ0) is 22.2. The Labute approximate surface area is 180 Å². The van der Waals surface area contributed by atoms with Crippen LogP contribution in [0.2, 0.25) is 0 Å². The van der Waals surface area contributed by atoms with E-state index in [1.165, 1.54) is 4.90 Å². The highest BCUT2D eigenvalue weighted by molar-refractivity contribution is 6.07. The topological polar surface area (TPSA) is 91.5 Å². The van der Waals surface area contributed by atoms with Gasteiger partial charge in [-0.3, -0.25) is 14.4 Å². The van der Waals surface area contributed by atoms with E-state index >= 15 is 0 Å². The normalized spacial score (nSPS) is 18.9. The zero-order valence-electron chi connectivity index (χ0n) is 17.7. The summed E-state index contributed by atoms with van der Waals surface area (Å²) in [5, 5.41) is 3.65. The number of benzene rings is 2. The summed E-state index contributed by atoms with van der Waals surface area (Å²) in [6.07, 6.45) is 0. The van der Waals surface area contributed by atoms with Crippen LogP contribution in [0, 0.1) is 5.92 Å². The Hall–Kier alpha value is -3.61. The van der Waals surface area contributed by atoms with Gasteiger partial charge in [0.25, 0.3) is 11.8 Å². The molecule has 0 aliphatic carbocycles. The highest BCUT2D eigenvalue weighted by atomic mass is 16.6. The molecule has 4 rings (SSSR count). The lowest BCUT2D eigenvalue weighted by molar-refractivity contribution is -0.160. The van der Waals surface area contributed by atoms with Gasteiger partial charge in [-0.25, -0.2) is 0 Å². The Bertz CT molecular complexity index is 1100. The number of aromatic amines is 1. The van der Waals surface area contributed by atoms with Crippen LogP contribution in [0.4, 0.5) is 5.69 Å². The molecule has 2 aromatic carbocycles. The summed E-state index contributed by atoms with van der Waals surface area (Å²) in [6, 6.07) is 17.3. The monoisotopic (exact) mass is 419 g/mol. The van der Waals surface area contributed by atoms with E-state index < -0.39 is 29.4 Å². The zero-order valence-corrected chi connectivity index (χ0v) is 17.7. The van der Waals surface area contributed by atoms with Crippen LogP contribution in [-0.4, -0.2) is 41.0 Å². The van der Waals surface area contributed by atoms with E-state index in [2.05, 4.69) is 10.3 Å². The molecule has 1 saturated heterocycles. The van der Waals surface area contributed by atoms with Crippen LogP contribution in [0.25, 0.3) is 10.9 Å². The third-order valence-electron chi connectivity index (χ3n) is 5.15. The summed E-state index contributed by atoms with van der Waals surface area (Å²) in [5.74, 6) is -2.12. The molecule has 2 amide bonds. The maximum absolute atomic E-state index is 13.2. The van der Waals surface area contributed by atoms with Gasteiger partial charge in [0.2, 0.25) is 0 Å². The highest BCUT2D eigenvalue weighted by Gasteiger charge is 2.47. The molecule has 7 nitrogen and oxygen atoms in total. The number of para-hydroxylation sites is 2. The summed E-state index contributed by atoms with van der Waals surface area (Å²) in [7, 11) is 0. The van der Waals surface area contributed by atoms with Crippen LogP contribution in [-0.2, 0) is 14.3 Å². The van der Waals surface area contributed by atoms with Crippen LogP contribution in [0.15, 0.2) is 60.7 Å². The van der Waals surface area contributed by atoms with Crippen LogP contribution < -0.4 is 10.2 Å². The Kier molecular flexibility index (Phi) is 5.27. The van der Waals surface area contributed by atoms with Crippen molar-refractivity contribution in [1.82, 2.24) is 10.3 Å². The molecule has 2 heterocycles. The minimum absolute atomic E-state index is 0.134. The Morgan fingerprint density at radius 3 is 2.42 bits per heavy atom. The third kappa shape index (κ3) is 4.30. The third-order valence-corrected chi connectivity index (χ3v) is 5.15. The second-order valence-corrected chi connectivity index (χ2v) is 8.65. The van der Waals surface area contributed by atoms with Crippen LogP contribution in [0.3, 0.4) is 0 Å². The van der Waals surface area contributed by atoms with E-state index in [4.69, 9.17) is 4.74 Å². The summed E-state index contributed by atoms with van der Waals surface area (Å²) >= 11 is 0. The minimum atomic E-state index is -1.02. The van der Waals surface area contributed by atoms with Crippen molar-refractivity contribution in [3.05, 3.63) is 66.4 Å². The van der Waals surface area contributed by atoms with Gasteiger partial charge < -0.3 is 19.9 Å². The maximum atomic E-state index is 13.2. The number of nitrogens with zero attached hydrogens (tertiary/aromatic N) is 1. The molecule has 1 aromatic heterocycles. The number of aromatic nitrogens is 1. The van der Waals surface area contributed by atoms with Crippen LogP contribution in [0.1, 0.15) is 31.3 Å².